The van der Waals surface area contributed by atoms with E-state index in [1.54, 1.807) is 0 Å². The topological polar surface area (TPSA) is 46.2 Å². The molecule has 1 saturated heterocycles. The van der Waals surface area contributed by atoms with Crippen LogP contribution < -0.4 is 5.32 Å². The zero-order valence-electron chi connectivity index (χ0n) is 9.85. The largest absolute Gasteiger partial charge is 0.296 e. The van der Waals surface area contributed by atoms with Gasteiger partial charge in [-0.05, 0) is 16.7 Å². The fourth-order valence-corrected chi connectivity index (χ4v) is 2.76. The molecule has 2 aliphatic rings. The molecule has 3 nitrogen and oxygen atoms in total. The fourth-order valence-electron chi connectivity index (χ4n) is 2.76. The molecule has 3 rings (SSSR count). The highest BCUT2D eigenvalue weighted by atomic mass is 16.2. The van der Waals surface area contributed by atoms with Crippen molar-refractivity contribution in [3.8, 4) is 0 Å². The number of nitrogens with one attached hydrogen (secondary N) is 1. The lowest BCUT2D eigenvalue weighted by molar-refractivity contribution is -0.125. The molecule has 2 atom stereocenters. The second-order valence-corrected chi connectivity index (χ2v) is 4.74. The number of hydrogen-bond acceptors (Lipinski definition) is 2. The number of allylic oxidation sites excluding steroid dienone is 2. The van der Waals surface area contributed by atoms with Crippen LogP contribution in [-0.4, -0.2) is 11.8 Å². The number of amides is 2. The van der Waals surface area contributed by atoms with Crippen molar-refractivity contribution in [3.05, 3.63) is 53.6 Å². The van der Waals surface area contributed by atoms with Gasteiger partial charge in [0.2, 0.25) is 11.8 Å². The average Bonchev–Trinajstić information content (AvgIpc) is 2.68. The highest BCUT2D eigenvalue weighted by Gasteiger charge is 2.39. The molecule has 2 amide bonds. The van der Waals surface area contributed by atoms with Crippen molar-refractivity contribution < 1.29 is 9.59 Å². The maximum absolute atomic E-state index is 11.8. The van der Waals surface area contributed by atoms with Crippen LogP contribution in [0.1, 0.15) is 23.5 Å². The summed E-state index contributed by atoms with van der Waals surface area (Å²) in [5.74, 6) is -0.783. The summed E-state index contributed by atoms with van der Waals surface area (Å²) >= 11 is 0. The lowest BCUT2D eigenvalue weighted by Gasteiger charge is -2.27. The fraction of sp³-hybridized carbons (Fsp3) is 0.200. The number of carbonyl (C=O) groups is 2. The Morgan fingerprint density at radius 1 is 1.17 bits per heavy atom. The van der Waals surface area contributed by atoms with Gasteiger partial charge in [-0.15, -0.1) is 0 Å². The van der Waals surface area contributed by atoms with Gasteiger partial charge >= 0.3 is 0 Å². The standard InChI is InChI=1S/C15H13NO2/c1-9-6-7-10-4-2-3-5-11(10)14(9)12-8-13(17)16-15(12)18/h2-7,12,14H,1,8H2,(H,16,17,18). The van der Waals surface area contributed by atoms with Gasteiger partial charge in [-0.2, -0.15) is 0 Å². The van der Waals surface area contributed by atoms with Gasteiger partial charge < -0.3 is 0 Å². The van der Waals surface area contributed by atoms with Crippen molar-refractivity contribution >= 4 is 17.9 Å². The first-order valence-corrected chi connectivity index (χ1v) is 5.96. The second-order valence-electron chi connectivity index (χ2n) is 4.74. The summed E-state index contributed by atoms with van der Waals surface area (Å²) in [5.41, 5.74) is 3.07. The molecule has 0 aromatic heterocycles. The van der Waals surface area contributed by atoms with Crippen LogP contribution in [0, 0.1) is 5.92 Å². The van der Waals surface area contributed by atoms with E-state index in [9.17, 15) is 9.59 Å². The molecule has 1 aromatic rings. The molecule has 18 heavy (non-hydrogen) atoms. The normalized spacial score (nSPS) is 26.1. The Bertz CT molecular complexity index is 586. The molecule has 0 bridgehead atoms. The predicted molar refractivity (Wildman–Crippen MR) is 68.6 cm³/mol. The summed E-state index contributed by atoms with van der Waals surface area (Å²) in [4.78, 5) is 23.2. The second kappa shape index (κ2) is 3.95. The zero-order valence-corrected chi connectivity index (χ0v) is 9.85. The van der Waals surface area contributed by atoms with Gasteiger partial charge in [0.05, 0.1) is 5.92 Å². The summed E-state index contributed by atoms with van der Waals surface area (Å²) in [6, 6.07) is 7.94. The molecule has 1 N–H and O–H groups in total. The quantitative estimate of drug-likeness (QED) is 0.762. The minimum atomic E-state index is -0.323. The third kappa shape index (κ3) is 1.59. The molecule has 1 aliphatic heterocycles. The minimum Gasteiger partial charge on any atom is -0.296 e. The van der Waals surface area contributed by atoms with Gasteiger partial charge in [0, 0.05) is 12.3 Å². The van der Waals surface area contributed by atoms with Crippen molar-refractivity contribution in [3.63, 3.8) is 0 Å². The van der Waals surface area contributed by atoms with E-state index in [-0.39, 0.29) is 30.1 Å². The summed E-state index contributed by atoms with van der Waals surface area (Å²) in [5, 5.41) is 2.37. The molecule has 1 aliphatic carbocycles. The van der Waals surface area contributed by atoms with Crippen molar-refractivity contribution in [2.75, 3.05) is 0 Å². The molecule has 1 aromatic carbocycles. The van der Waals surface area contributed by atoms with Crippen molar-refractivity contribution in [1.82, 2.24) is 5.32 Å². The first kappa shape index (κ1) is 11.0. The first-order chi connectivity index (χ1) is 8.66. The molecule has 0 radical (unpaired) electrons. The maximum Gasteiger partial charge on any atom is 0.231 e. The Morgan fingerprint density at radius 3 is 2.67 bits per heavy atom. The van der Waals surface area contributed by atoms with Crippen LogP contribution in [0.2, 0.25) is 0 Å². The lowest BCUT2D eigenvalue weighted by atomic mass is 9.75. The lowest BCUT2D eigenvalue weighted by Crippen LogP contribution is -2.26. The predicted octanol–water partition coefficient (Wildman–Crippen LogP) is 2.02. The first-order valence-electron chi connectivity index (χ1n) is 5.96. The van der Waals surface area contributed by atoms with Crippen LogP contribution in [-0.2, 0) is 9.59 Å². The monoisotopic (exact) mass is 239 g/mol. The van der Waals surface area contributed by atoms with E-state index < -0.39 is 0 Å². The Hall–Kier alpha value is -2.16. The van der Waals surface area contributed by atoms with Gasteiger partial charge in [-0.1, -0.05) is 43.0 Å². The van der Waals surface area contributed by atoms with E-state index in [0.717, 1.165) is 16.7 Å². The van der Waals surface area contributed by atoms with E-state index >= 15 is 0 Å². The summed E-state index contributed by atoms with van der Waals surface area (Å²) in [7, 11) is 0. The number of imide groups is 1. The van der Waals surface area contributed by atoms with Crippen LogP contribution in [0.25, 0.3) is 6.08 Å². The average molecular weight is 239 g/mol. The Kier molecular flexibility index (Phi) is 2.40. The van der Waals surface area contributed by atoms with Crippen LogP contribution in [0.5, 0.6) is 0 Å². The smallest absolute Gasteiger partial charge is 0.231 e. The molecule has 1 heterocycles. The van der Waals surface area contributed by atoms with Crippen LogP contribution >= 0.6 is 0 Å². The summed E-state index contributed by atoms with van der Waals surface area (Å²) < 4.78 is 0. The van der Waals surface area contributed by atoms with Gasteiger partial charge in [-0.25, -0.2) is 0 Å². The van der Waals surface area contributed by atoms with E-state index in [2.05, 4.69) is 11.9 Å². The Balaban J connectivity index is 2.06. The number of fused-ring (bicyclic) bond motifs is 1. The summed E-state index contributed by atoms with van der Waals surface area (Å²) in [6.45, 7) is 4.02. The van der Waals surface area contributed by atoms with Crippen molar-refractivity contribution in [2.24, 2.45) is 5.92 Å². The van der Waals surface area contributed by atoms with Crippen LogP contribution in [0.4, 0.5) is 0 Å². The maximum atomic E-state index is 11.8. The van der Waals surface area contributed by atoms with Gasteiger partial charge in [0.1, 0.15) is 0 Å². The Morgan fingerprint density at radius 2 is 1.94 bits per heavy atom. The highest BCUT2D eigenvalue weighted by Crippen LogP contribution is 2.40. The SMILES string of the molecule is C=C1C=Cc2ccccc2C1C1CC(=O)NC1=O. The number of benzene rings is 1. The molecular weight excluding hydrogens is 226 g/mol. The van der Waals surface area contributed by atoms with Gasteiger partial charge in [0.15, 0.2) is 0 Å². The molecule has 3 heteroatoms. The molecule has 0 saturated carbocycles. The third-order valence-electron chi connectivity index (χ3n) is 3.61. The molecule has 2 unspecified atom stereocenters. The van der Waals surface area contributed by atoms with E-state index in [1.165, 1.54) is 0 Å². The molecule has 90 valence electrons. The number of hydrogen-bond donors (Lipinski definition) is 1. The number of carbonyl (C=O) groups excluding carboxylic acids is 2. The van der Waals surface area contributed by atoms with E-state index in [0.29, 0.717) is 0 Å². The zero-order chi connectivity index (χ0) is 12.7. The van der Waals surface area contributed by atoms with E-state index in [1.807, 2.05) is 36.4 Å². The van der Waals surface area contributed by atoms with Crippen molar-refractivity contribution in [1.29, 1.82) is 0 Å². The Labute approximate surface area is 105 Å². The summed E-state index contributed by atoms with van der Waals surface area (Å²) in [6.07, 6.45) is 4.19. The van der Waals surface area contributed by atoms with Gasteiger partial charge in [-0.3, -0.25) is 14.9 Å². The minimum absolute atomic E-state index is 0.0855. The van der Waals surface area contributed by atoms with Gasteiger partial charge in [0.25, 0.3) is 0 Å². The molecular formula is C15H13NO2. The highest BCUT2D eigenvalue weighted by molar-refractivity contribution is 6.04. The van der Waals surface area contributed by atoms with Crippen LogP contribution in [0.3, 0.4) is 0 Å². The molecule has 0 spiro atoms. The van der Waals surface area contributed by atoms with Crippen molar-refractivity contribution in [2.45, 2.75) is 12.3 Å². The van der Waals surface area contributed by atoms with E-state index in [4.69, 9.17) is 0 Å². The number of rotatable bonds is 1. The third-order valence-corrected chi connectivity index (χ3v) is 3.61. The van der Waals surface area contributed by atoms with Crippen LogP contribution in [0.15, 0.2) is 42.5 Å². The molecule has 1 fully saturated rings.